The summed E-state index contributed by atoms with van der Waals surface area (Å²) in [7, 11) is 0. The van der Waals surface area contributed by atoms with Crippen LogP contribution in [-0.4, -0.2) is 0 Å². The van der Waals surface area contributed by atoms with E-state index in [2.05, 4.69) is 145 Å². The van der Waals surface area contributed by atoms with Gasteiger partial charge >= 0.3 is 0 Å². The van der Waals surface area contributed by atoms with Crippen LogP contribution >= 0.6 is 0 Å². The summed E-state index contributed by atoms with van der Waals surface area (Å²) in [6, 6.07) is 0. The molecule has 2 rings (SSSR count). The van der Waals surface area contributed by atoms with Gasteiger partial charge in [-0.25, -0.2) is 0 Å². The van der Waals surface area contributed by atoms with E-state index in [4.69, 9.17) is 0 Å². The molecule has 280 valence electrons. The molecule has 2 fully saturated rings. The van der Waals surface area contributed by atoms with Crippen LogP contribution in [0.2, 0.25) is 0 Å². The van der Waals surface area contributed by atoms with Crippen molar-refractivity contribution in [2.24, 2.45) is 130 Å². The Morgan fingerprint density at radius 3 is 0.979 bits per heavy atom. The van der Waals surface area contributed by atoms with Gasteiger partial charge in [-0.05, 0) is 130 Å². The standard InChI is InChI=1S/C47H92/c1-22-41-31(10)35(14)45(37(16)43(41)24-3)33(12)28(7)26(5)27(6)29(8)39(18)47(20,21)40(19)30(9)34(13)46-36(15)32(11)42(23-2)44(25-4)38(46)17/h26-46H,22-25H2,1-21H3/t26?,27?,28?,29?,30?,31?,32?,33?,34?,35?,36?,37?,38?,39?,40-,41?,42?,43?,44?,45?,46?/m1/s1. The van der Waals surface area contributed by atoms with Gasteiger partial charge in [-0.15, -0.1) is 0 Å². The number of hydrogen-bond donors (Lipinski definition) is 0. The van der Waals surface area contributed by atoms with Gasteiger partial charge in [0.2, 0.25) is 0 Å². The highest BCUT2D eigenvalue weighted by atomic mass is 14.5. The molecule has 0 aromatic rings. The predicted octanol–water partition coefficient (Wildman–Crippen LogP) is 14.9. The highest BCUT2D eigenvalue weighted by Gasteiger charge is 2.50. The Hall–Kier alpha value is 0. The Morgan fingerprint density at radius 2 is 0.638 bits per heavy atom. The van der Waals surface area contributed by atoms with Crippen LogP contribution in [-0.2, 0) is 0 Å². The van der Waals surface area contributed by atoms with Crippen LogP contribution in [0.4, 0.5) is 0 Å². The monoisotopic (exact) mass is 657 g/mol. The lowest BCUT2D eigenvalue weighted by atomic mass is 9.51. The fourth-order valence-electron chi connectivity index (χ4n) is 14.0. The first-order valence-electron chi connectivity index (χ1n) is 21.7. The van der Waals surface area contributed by atoms with Crippen molar-refractivity contribution >= 4 is 0 Å². The van der Waals surface area contributed by atoms with Crippen LogP contribution in [0.25, 0.3) is 0 Å². The molecule has 21 atom stereocenters. The first kappa shape index (κ1) is 43.2. The number of rotatable bonds is 15. The Morgan fingerprint density at radius 1 is 0.362 bits per heavy atom. The van der Waals surface area contributed by atoms with E-state index in [1.54, 1.807) is 0 Å². The lowest BCUT2D eigenvalue weighted by Gasteiger charge is -2.54. The molecule has 2 aliphatic rings. The smallest absolute Gasteiger partial charge is 0.0298 e. The molecule has 0 N–H and O–H groups in total. The summed E-state index contributed by atoms with van der Waals surface area (Å²) in [6.45, 7) is 54.6. The van der Waals surface area contributed by atoms with E-state index in [-0.39, 0.29) is 0 Å². The lowest BCUT2D eigenvalue weighted by Crippen LogP contribution is -2.48. The maximum atomic E-state index is 2.66. The van der Waals surface area contributed by atoms with Crippen LogP contribution in [0, 0.1) is 130 Å². The normalized spacial score (nSPS) is 41.3. The quantitative estimate of drug-likeness (QED) is 0.164. The molecule has 0 heteroatoms. The van der Waals surface area contributed by atoms with Gasteiger partial charge in [0.15, 0.2) is 0 Å². The zero-order chi connectivity index (χ0) is 36.5. The average Bonchev–Trinajstić information content (AvgIpc) is 3.04. The van der Waals surface area contributed by atoms with E-state index in [1.807, 2.05) is 0 Å². The third kappa shape index (κ3) is 8.23. The minimum atomic E-state index is 0.310. The van der Waals surface area contributed by atoms with Crippen molar-refractivity contribution in [1.29, 1.82) is 0 Å². The molecular formula is C47H92. The molecule has 0 spiro atoms. The van der Waals surface area contributed by atoms with Crippen molar-refractivity contribution in [3.63, 3.8) is 0 Å². The minimum Gasteiger partial charge on any atom is -0.0651 e. The fraction of sp³-hybridized carbons (Fsp3) is 1.00. The van der Waals surface area contributed by atoms with Gasteiger partial charge in [-0.2, -0.15) is 0 Å². The second-order valence-corrected chi connectivity index (χ2v) is 20.0. The third-order valence-corrected chi connectivity index (χ3v) is 19.1. The molecule has 0 bridgehead atoms. The summed E-state index contributed by atoms with van der Waals surface area (Å²) < 4.78 is 0. The van der Waals surface area contributed by atoms with E-state index in [0.29, 0.717) is 17.3 Å². The second-order valence-electron chi connectivity index (χ2n) is 20.0. The van der Waals surface area contributed by atoms with Gasteiger partial charge < -0.3 is 0 Å². The molecule has 0 aliphatic heterocycles. The molecule has 0 aromatic carbocycles. The summed E-state index contributed by atoms with van der Waals surface area (Å²) in [6.07, 6.45) is 5.42. The molecule has 20 unspecified atom stereocenters. The van der Waals surface area contributed by atoms with Crippen molar-refractivity contribution in [2.75, 3.05) is 0 Å². The van der Waals surface area contributed by atoms with Gasteiger partial charge in [0.05, 0.1) is 0 Å². The molecular weight excluding hydrogens is 565 g/mol. The lowest BCUT2D eigenvalue weighted by molar-refractivity contribution is -0.0607. The Kier molecular flexibility index (Phi) is 16.1. The van der Waals surface area contributed by atoms with E-state index < -0.39 is 0 Å². The van der Waals surface area contributed by atoms with E-state index >= 15 is 0 Å². The maximum absolute atomic E-state index is 2.66. The van der Waals surface area contributed by atoms with Gasteiger partial charge in [0, 0.05) is 0 Å². The molecule has 0 nitrogen and oxygen atoms in total. The van der Waals surface area contributed by atoms with Crippen LogP contribution < -0.4 is 0 Å². The Balaban J connectivity index is 2.21. The highest BCUT2D eigenvalue weighted by molar-refractivity contribution is 4.98. The Bertz CT molecular complexity index is 900. The van der Waals surface area contributed by atoms with Crippen LogP contribution in [0.15, 0.2) is 0 Å². The molecule has 47 heavy (non-hydrogen) atoms. The molecule has 0 amide bonds. The van der Waals surface area contributed by atoms with Crippen molar-refractivity contribution in [1.82, 2.24) is 0 Å². The molecule has 0 radical (unpaired) electrons. The average molecular weight is 657 g/mol. The molecule has 0 heterocycles. The molecule has 0 aromatic heterocycles. The van der Waals surface area contributed by atoms with Crippen LogP contribution in [0.3, 0.4) is 0 Å². The zero-order valence-electron chi connectivity index (χ0n) is 36.5. The third-order valence-electron chi connectivity index (χ3n) is 19.1. The topological polar surface area (TPSA) is 0 Å². The number of hydrogen-bond acceptors (Lipinski definition) is 0. The highest BCUT2D eigenvalue weighted by Crippen LogP contribution is 2.56. The molecule has 0 saturated heterocycles. The summed E-state index contributed by atoms with van der Waals surface area (Å²) >= 11 is 0. The summed E-state index contributed by atoms with van der Waals surface area (Å²) in [4.78, 5) is 0. The van der Waals surface area contributed by atoms with Crippen LogP contribution in [0.5, 0.6) is 0 Å². The first-order valence-corrected chi connectivity index (χ1v) is 21.7. The summed E-state index contributed by atoms with van der Waals surface area (Å²) in [5, 5.41) is 0. The molecule has 2 aliphatic carbocycles. The van der Waals surface area contributed by atoms with E-state index in [0.717, 1.165) is 112 Å². The van der Waals surface area contributed by atoms with Crippen molar-refractivity contribution in [3.8, 4) is 0 Å². The Labute approximate surface area is 300 Å². The summed E-state index contributed by atoms with van der Waals surface area (Å²) in [5.74, 6) is 16.9. The first-order chi connectivity index (χ1) is 21.7. The fourth-order valence-corrected chi connectivity index (χ4v) is 14.0. The van der Waals surface area contributed by atoms with E-state index in [9.17, 15) is 0 Å². The maximum Gasteiger partial charge on any atom is -0.0298 e. The van der Waals surface area contributed by atoms with Gasteiger partial charge in [-0.3, -0.25) is 0 Å². The molecule has 2 saturated carbocycles. The predicted molar refractivity (Wildman–Crippen MR) is 213 cm³/mol. The van der Waals surface area contributed by atoms with Gasteiger partial charge in [0.1, 0.15) is 0 Å². The van der Waals surface area contributed by atoms with E-state index in [1.165, 1.54) is 25.7 Å². The second kappa shape index (κ2) is 17.5. The largest absolute Gasteiger partial charge is 0.0651 e. The van der Waals surface area contributed by atoms with Crippen molar-refractivity contribution in [3.05, 3.63) is 0 Å². The van der Waals surface area contributed by atoms with Crippen molar-refractivity contribution < 1.29 is 0 Å². The van der Waals surface area contributed by atoms with Gasteiger partial charge in [0.25, 0.3) is 0 Å². The van der Waals surface area contributed by atoms with Crippen molar-refractivity contribution in [2.45, 2.75) is 171 Å². The van der Waals surface area contributed by atoms with Crippen LogP contribution in [0.1, 0.15) is 171 Å². The minimum absolute atomic E-state index is 0.310. The van der Waals surface area contributed by atoms with Gasteiger partial charge in [-0.1, -0.05) is 171 Å². The zero-order valence-corrected chi connectivity index (χ0v) is 36.5. The summed E-state index contributed by atoms with van der Waals surface area (Å²) in [5.41, 5.74) is 0.310. The SMILES string of the molecule is CCC1C(C)C(C)C(C(C)C(C)C(C)C(C)C(C)C(C)C(C)(C)[C@H](C)C(C)C(C)C2C(C)C(C)C(CC)C(CC)C2C)C(C)C1CC.